The van der Waals surface area contributed by atoms with Gasteiger partial charge in [-0.15, -0.1) is 0 Å². The summed E-state index contributed by atoms with van der Waals surface area (Å²) in [6, 6.07) is 0. The van der Waals surface area contributed by atoms with Crippen molar-refractivity contribution in [2.75, 3.05) is 0 Å². The first-order chi connectivity index (χ1) is 6.47. The van der Waals surface area contributed by atoms with Crippen LogP contribution in [0.25, 0.3) is 0 Å². The maximum atomic E-state index is 11.1. The molecule has 78 valence electrons. The van der Waals surface area contributed by atoms with E-state index in [1.54, 1.807) is 6.92 Å². The number of fused-ring (bicyclic) bond motifs is 1. The highest BCUT2D eigenvalue weighted by Crippen LogP contribution is 2.73. The van der Waals surface area contributed by atoms with Crippen molar-refractivity contribution in [3.05, 3.63) is 0 Å². The first-order valence-corrected chi connectivity index (χ1v) is 5.36. The predicted octanol–water partition coefficient (Wildman–Crippen LogP) is -0.0765. The van der Waals surface area contributed by atoms with Crippen LogP contribution in [-0.4, -0.2) is 17.2 Å². The summed E-state index contributed by atoms with van der Waals surface area (Å²) in [5, 5.41) is 21.0. The molecule has 2 bridgehead atoms. The number of rotatable bonds is 1. The molecule has 5 atom stereocenters. The standard InChI is InChI=1S/C11H16O3/c1-10(9(13)14)2-6-3-11(5-10)4-7(11)8(6)12/h6-8,12H,2-5H2,1H3,(H,13,14)/p-1. The number of aliphatic hydroxyl groups excluding tert-OH is 1. The fraction of sp³-hybridized carbons (Fsp3) is 0.909. The second kappa shape index (κ2) is 2.16. The van der Waals surface area contributed by atoms with E-state index in [9.17, 15) is 15.0 Å². The van der Waals surface area contributed by atoms with E-state index in [1.807, 2.05) is 0 Å². The van der Waals surface area contributed by atoms with Gasteiger partial charge in [-0.05, 0) is 42.9 Å². The van der Waals surface area contributed by atoms with E-state index in [-0.39, 0.29) is 17.4 Å². The first kappa shape index (κ1) is 8.72. The lowest BCUT2D eigenvalue weighted by Gasteiger charge is -2.41. The molecule has 3 fully saturated rings. The Balaban J connectivity index is 1.93. The Morgan fingerprint density at radius 3 is 2.71 bits per heavy atom. The smallest absolute Gasteiger partial charge is 0.0602 e. The van der Waals surface area contributed by atoms with Crippen molar-refractivity contribution in [3.63, 3.8) is 0 Å². The van der Waals surface area contributed by atoms with Crippen molar-refractivity contribution < 1.29 is 15.0 Å². The van der Waals surface area contributed by atoms with E-state index in [0.717, 1.165) is 19.3 Å². The summed E-state index contributed by atoms with van der Waals surface area (Å²) in [5.41, 5.74) is -0.508. The molecule has 0 aliphatic heterocycles. The Bertz CT molecular complexity index is 314. The van der Waals surface area contributed by atoms with Crippen molar-refractivity contribution in [3.8, 4) is 0 Å². The second-order valence-electron chi connectivity index (χ2n) is 5.86. The van der Waals surface area contributed by atoms with Crippen molar-refractivity contribution in [2.45, 2.75) is 38.7 Å². The molecule has 3 heteroatoms. The number of carboxylic acid groups (broad SMARTS) is 1. The largest absolute Gasteiger partial charge is 0.550 e. The van der Waals surface area contributed by atoms with Gasteiger partial charge in [0.1, 0.15) is 0 Å². The van der Waals surface area contributed by atoms with E-state index < -0.39 is 11.4 Å². The van der Waals surface area contributed by atoms with Gasteiger partial charge >= 0.3 is 0 Å². The highest BCUT2D eigenvalue weighted by atomic mass is 16.4. The molecule has 0 radical (unpaired) electrons. The quantitative estimate of drug-likeness (QED) is 0.636. The summed E-state index contributed by atoms with van der Waals surface area (Å²) in [7, 11) is 0. The van der Waals surface area contributed by atoms with E-state index in [4.69, 9.17) is 0 Å². The number of carbonyl (C=O) groups excluding carboxylic acids is 1. The summed E-state index contributed by atoms with van der Waals surface area (Å²) in [5.74, 6) is -0.319. The number of hydrogen-bond acceptors (Lipinski definition) is 3. The molecule has 3 saturated carbocycles. The zero-order valence-electron chi connectivity index (χ0n) is 8.32. The van der Waals surface area contributed by atoms with Crippen LogP contribution in [0.1, 0.15) is 32.6 Å². The van der Waals surface area contributed by atoms with Crippen LogP contribution in [-0.2, 0) is 4.79 Å². The predicted molar refractivity (Wildman–Crippen MR) is 47.0 cm³/mol. The second-order valence-corrected chi connectivity index (χ2v) is 5.86. The van der Waals surface area contributed by atoms with Crippen molar-refractivity contribution >= 4 is 5.97 Å². The van der Waals surface area contributed by atoms with Gasteiger partial charge in [0.05, 0.1) is 6.10 Å². The number of aliphatic carboxylic acids is 1. The molecule has 0 saturated heterocycles. The highest BCUT2D eigenvalue weighted by molar-refractivity contribution is 5.72. The van der Waals surface area contributed by atoms with Crippen LogP contribution in [0.3, 0.4) is 0 Å². The maximum absolute atomic E-state index is 11.1. The minimum absolute atomic E-state index is 0.178. The highest BCUT2D eigenvalue weighted by Gasteiger charge is 2.69. The summed E-state index contributed by atoms with van der Waals surface area (Å²) in [6.45, 7) is 1.78. The molecule has 3 rings (SSSR count). The normalized spacial score (nSPS) is 59.4. The topological polar surface area (TPSA) is 60.4 Å². The van der Waals surface area contributed by atoms with Gasteiger partial charge < -0.3 is 15.0 Å². The molecule has 0 aromatic carbocycles. The van der Waals surface area contributed by atoms with Gasteiger partial charge in [0.2, 0.25) is 0 Å². The Morgan fingerprint density at radius 1 is 1.43 bits per heavy atom. The molecule has 3 aliphatic rings. The maximum Gasteiger partial charge on any atom is 0.0602 e. The molecule has 14 heavy (non-hydrogen) atoms. The number of carboxylic acids is 1. The summed E-state index contributed by atoms with van der Waals surface area (Å²) in [6.07, 6.45) is 3.17. The molecular formula is C11H15O3-. The molecule has 3 nitrogen and oxygen atoms in total. The Kier molecular flexibility index (Phi) is 1.34. The van der Waals surface area contributed by atoms with E-state index in [2.05, 4.69) is 0 Å². The Morgan fingerprint density at radius 2 is 2.14 bits per heavy atom. The average molecular weight is 195 g/mol. The van der Waals surface area contributed by atoms with Crippen molar-refractivity contribution in [1.29, 1.82) is 0 Å². The molecule has 0 heterocycles. The molecule has 5 unspecified atom stereocenters. The van der Waals surface area contributed by atoms with Crippen LogP contribution in [0.4, 0.5) is 0 Å². The third kappa shape index (κ3) is 0.842. The molecule has 0 aromatic rings. The monoisotopic (exact) mass is 195 g/mol. The lowest BCUT2D eigenvalue weighted by molar-refractivity contribution is -0.321. The lowest BCUT2D eigenvalue weighted by atomic mass is 9.67. The number of aliphatic hydroxyl groups is 1. The van der Waals surface area contributed by atoms with E-state index in [1.165, 1.54) is 0 Å². The summed E-state index contributed by atoms with van der Waals surface area (Å²) in [4.78, 5) is 11.1. The molecule has 0 amide bonds. The van der Waals surface area contributed by atoms with Gasteiger partial charge in [-0.2, -0.15) is 0 Å². The van der Waals surface area contributed by atoms with Gasteiger partial charge in [-0.25, -0.2) is 0 Å². The molecule has 0 aromatic heterocycles. The average Bonchev–Trinajstić information content (AvgIpc) is 2.71. The summed E-state index contributed by atoms with van der Waals surface area (Å²) < 4.78 is 0. The van der Waals surface area contributed by atoms with Crippen LogP contribution in [0, 0.1) is 22.7 Å². The minimum Gasteiger partial charge on any atom is -0.550 e. The van der Waals surface area contributed by atoms with Crippen LogP contribution in [0.5, 0.6) is 0 Å². The SMILES string of the molecule is CC1(C(=O)[O-])CC2CC3(CC3C2O)C1. The number of hydrogen-bond donors (Lipinski definition) is 1. The van der Waals surface area contributed by atoms with Crippen molar-refractivity contribution in [1.82, 2.24) is 0 Å². The van der Waals surface area contributed by atoms with Crippen LogP contribution >= 0.6 is 0 Å². The fourth-order valence-electron chi connectivity index (χ4n) is 4.12. The minimum atomic E-state index is -0.929. The lowest BCUT2D eigenvalue weighted by Crippen LogP contribution is -2.45. The van der Waals surface area contributed by atoms with E-state index >= 15 is 0 Å². The van der Waals surface area contributed by atoms with Gasteiger partial charge in [0.25, 0.3) is 0 Å². The molecular weight excluding hydrogens is 180 g/mol. The number of carbonyl (C=O) groups is 1. The molecule has 3 aliphatic carbocycles. The zero-order valence-corrected chi connectivity index (χ0v) is 8.32. The van der Waals surface area contributed by atoms with Gasteiger partial charge in [-0.1, -0.05) is 6.92 Å². The Hall–Kier alpha value is -0.570. The van der Waals surface area contributed by atoms with E-state index in [0.29, 0.717) is 12.3 Å². The fourth-order valence-corrected chi connectivity index (χ4v) is 4.12. The molecule has 1 spiro atoms. The first-order valence-electron chi connectivity index (χ1n) is 5.36. The third-order valence-corrected chi connectivity index (χ3v) is 4.76. The van der Waals surface area contributed by atoms with Gasteiger partial charge in [0, 0.05) is 11.4 Å². The van der Waals surface area contributed by atoms with Gasteiger partial charge in [-0.3, -0.25) is 0 Å². The van der Waals surface area contributed by atoms with Crippen LogP contribution in [0.15, 0.2) is 0 Å². The third-order valence-electron chi connectivity index (χ3n) is 4.76. The molecule has 1 N–H and O–H groups in total. The summed E-state index contributed by atoms with van der Waals surface area (Å²) >= 11 is 0. The Labute approximate surface area is 83.1 Å². The van der Waals surface area contributed by atoms with Crippen molar-refractivity contribution in [2.24, 2.45) is 22.7 Å². The van der Waals surface area contributed by atoms with Gasteiger partial charge in [0.15, 0.2) is 0 Å². The van der Waals surface area contributed by atoms with Crippen LogP contribution in [0.2, 0.25) is 0 Å². The van der Waals surface area contributed by atoms with Crippen LogP contribution < -0.4 is 5.11 Å². The zero-order chi connectivity index (χ0) is 10.1.